The molecule has 29 heavy (non-hydrogen) atoms. The van der Waals surface area contributed by atoms with Gasteiger partial charge in [-0.2, -0.15) is 0 Å². The number of ether oxygens (including phenoxy) is 1. The lowest BCUT2D eigenvalue weighted by Crippen LogP contribution is -2.38. The number of carbonyl (C=O) groups is 1. The first-order valence-electron chi connectivity index (χ1n) is 10.1. The number of hydrogen-bond acceptors (Lipinski definition) is 4. The Morgan fingerprint density at radius 3 is 2.66 bits per heavy atom. The summed E-state index contributed by atoms with van der Waals surface area (Å²) in [5.74, 6) is 1.45. The van der Waals surface area contributed by atoms with E-state index < -0.39 is 0 Å². The normalized spacial score (nSPS) is 14.7. The molecule has 0 atom stereocenters. The maximum absolute atomic E-state index is 13.0. The van der Waals surface area contributed by atoms with Gasteiger partial charge in [-0.1, -0.05) is 36.4 Å². The Kier molecular flexibility index (Phi) is 6.25. The third kappa shape index (κ3) is 5.24. The summed E-state index contributed by atoms with van der Waals surface area (Å²) in [4.78, 5) is 19.3. The zero-order valence-electron chi connectivity index (χ0n) is 16.7. The molecule has 150 valence electrons. The molecule has 0 radical (unpaired) electrons. The van der Waals surface area contributed by atoms with Crippen LogP contribution in [0.5, 0.6) is 5.75 Å². The second-order valence-electron chi connectivity index (χ2n) is 7.60. The predicted octanol–water partition coefficient (Wildman–Crippen LogP) is 5.13. The SMILES string of the molecule is Cc1nc(COc2cccc(C(=O)N3CCC(Cc4ccccc4)CC3)c2)cs1. The van der Waals surface area contributed by atoms with Crippen molar-refractivity contribution in [3.05, 3.63) is 81.8 Å². The molecule has 5 heteroatoms. The zero-order chi connectivity index (χ0) is 20.1. The van der Waals surface area contributed by atoms with Crippen LogP contribution in [-0.4, -0.2) is 28.9 Å². The van der Waals surface area contributed by atoms with Crippen molar-refractivity contribution in [1.29, 1.82) is 0 Å². The third-order valence-corrected chi connectivity index (χ3v) is 6.23. The molecule has 1 fully saturated rings. The Balaban J connectivity index is 1.31. The van der Waals surface area contributed by atoms with Crippen molar-refractivity contribution >= 4 is 17.2 Å². The Labute approximate surface area is 176 Å². The van der Waals surface area contributed by atoms with Gasteiger partial charge in [0.2, 0.25) is 0 Å². The smallest absolute Gasteiger partial charge is 0.253 e. The van der Waals surface area contributed by atoms with Gasteiger partial charge in [-0.25, -0.2) is 4.98 Å². The Hall–Kier alpha value is -2.66. The van der Waals surface area contributed by atoms with Crippen LogP contribution in [0.3, 0.4) is 0 Å². The lowest BCUT2D eigenvalue weighted by Gasteiger charge is -2.32. The van der Waals surface area contributed by atoms with Gasteiger partial charge in [0.05, 0.1) is 10.7 Å². The molecule has 0 spiro atoms. The summed E-state index contributed by atoms with van der Waals surface area (Å²) in [6.45, 7) is 4.04. The maximum Gasteiger partial charge on any atom is 0.253 e. The van der Waals surface area contributed by atoms with Crippen molar-refractivity contribution in [3.63, 3.8) is 0 Å². The van der Waals surface area contributed by atoms with Crippen LogP contribution in [0.4, 0.5) is 0 Å². The average molecular weight is 407 g/mol. The quantitative estimate of drug-likeness (QED) is 0.570. The molecule has 2 aromatic carbocycles. The van der Waals surface area contributed by atoms with Crippen molar-refractivity contribution in [2.45, 2.75) is 32.8 Å². The molecule has 1 saturated heterocycles. The summed E-state index contributed by atoms with van der Waals surface area (Å²) < 4.78 is 5.84. The van der Waals surface area contributed by atoms with Gasteiger partial charge in [0.15, 0.2) is 0 Å². The average Bonchev–Trinajstić information content (AvgIpc) is 3.18. The minimum atomic E-state index is 0.0955. The van der Waals surface area contributed by atoms with Crippen molar-refractivity contribution in [1.82, 2.24) is 9.88 Å². The Morgan fingerprint density at radius 2 is 1.93 bits per heavy atom. The highest BCUT2D eigenvalue weighted by Crippen LogP contribution is 2.24. The first-order chi connectivity index (χ1) is 14.2. The predicted molar refractivity (Wildman–Crippen MR) is 116 cm³/mol. The number of hydrogen-bond donors (Lipinski definition) is 0. The van der Waals surface area contributed by atoms with E-state index in [-0.39, 0.29) is 5.91 Å². The van der Waals surface area contributed by atoms with E-state index in [0.29, 0.717) is 23.8 Å². The molecule has 1 aromatic heterocycles. The van der Waals surface area contributed by atoms with Crippen LogP contribution in [0.2, 0.25) is 0 Å². The molecule has 2 heterocycles. The van der Waals surface area contributed by atoms with E-state index in [1.807, 2.05) is 41.5 Å². The van der Waals surface area contributed by atoms with E-state index in [1.165, 1.54) is 5.56 Å². The number of piperidine rings is 1. The van der Waals surface area contributed by atoms with Crippen molar-refractivity contribution < 1.29 is 9.53 Å². The monoisotopic (exact) mass is 406 g/mol. The standard InChI is InChI=1S/C24H26N2O2S/c1-18-25-22(17-29-18)16-28-23-9-5-8-21(15-23)24(27)26-12-10-20(11-13-26)14-19-6-3-2-4-7-19/h2-9,15,17,20H,10-14,16H2,1H3. The fourth-order valence-corrected chi connectivity index (χ4v) is 4.42. The number of aromatic nitrogens is 1. The van der Waals surface area contributed by atoms with Crippen LogP contribution in [-0.2, 0) is 13.0 Å². The highest BCUT2D eigenvalue weighted by Gasteiger charge is 2.24. The van der Waals surface area contributed by atoms with E-state index in [4.69, 9.17) is 4.74 Å². The molecule has 0 bridgehead atoms. The summed E-state index contributed by atoms with van der Waals surface area (Å²) >= 11 is 1.61. The van der Waals surface area contributed by atoms with E-state index in [2.05, 4.69) is 35.3 Å². The van der Waals surface area contributed by atoms with Gasteiger partial charge >= 0.3 is 0 Å². The molecule has 1 amide bonds. The second-order valence-corrected chi connectivity index (χ2v) is 8.66. The van der Waals surface area contributed by atoms with Gasteiger partial charge in [0.1, 0.15) is 12.4 Å². The molecule has 0 saturated carbocycles. The first-order valence-corrected chi connectivity index (χ1v) is 11.0. The summed E-state index contributed by atoms with van der Waals surface area (Å²) in [6, 6.07) is 18.1. The minimum Gasteiger partial charge on any atom is -0.487 e. The molecule has 0 aliphatic carbocycles. The number of rotatable bonds is 6. The summed E-state index contributed by atoms with van der Waals surface area (Å²) in [7, 11) is 0. The first kappa shape index (κ1) is 19.6. The molecular weight excluding hydrogens is 380 g/mol. The number of aryl methyl sites for hydroxylation is 1. The lowest BCUT2D eigenvalue weighted by molar-refractivity contribution is 0.0690. The summed E-state index contributed by atoms with van der Waals surface area (Å²) in [5, 5.41) is 3.03. The highest BCUT2D eigenvalue weighted by atomic mass is 32.1. The Bertz CT molecular complexity index is 946. The highest BCUT2D eigenvalue weighted by molar-refractivity contribution is 7.09. The van der Waals surface area contributed by atoms with Crippen LogP contribution in [0, 0.1) is 12.8 Å². The van der Waals surface area contributed by atoms with Gasteiger partial charge in [-0.05, 0) is 55.9 Å². The number of likely N-dealkylation sites (tertiary alicyclic amines) is 1. The molecule has 0 unspecified atom stereocenters. The fourth-order valence-electron chi connectivity index (χ4n) is 3.82. The zero-order valence-corrected chi connectivity index (χ0v) is 17.5. The van der Waals surface area contributed by atoms with Gasteiger partial charge in [-0.3, -0.25) is 4.79 Å². The van der Waals surface area contributed by atoms with Crippen molar-refractivity contribution in [2.75, 3.05) is 13.1 Å². The van der Waals surface area contributed by atoms with Crippen molar-refractivity contribution in [3.8, 4) is 5.75 Å². The minimum absolute atomic E-state index is 0.0955. The van der Waals surface area contributed by atoms with E-state index >= 15 is 0 Å². The van der Waals surface area contributed by atoms with E-state index in [1.54, 1.807) is 11.3 Å². The third-order valence-electron chi connectivity index (χ3n) is 5.40. The summed E-state index contributed by atoms with van der Waals surface area (Å²) in [5.41, 5.74) is 3.00. The molecule has 1 aliphatic heterocycles. The molecule has 0 N–H and O–H groups in total. The fraction of sp³-hybridized carbons (Fsp3) is 0.333. The van der Waals surface area contributed by atoms with Crippen LogP contribution in [0.15, 0.2) is 60.0 Å². The van der Waals surface area contributed by atoms with Gasteiger partial charge in [-0.15, -0.1) is 11.3 Å². The molecule has 4 rings (SSSR count). The number of nitrogens with zero attached hydrogens (tertiary/aromatic N) is 2. The number of benzene rings is 2. The summed E-state index contributed by atoms with van der Waals surface area (Å²) in [6.07, 6.45) is 3.21. The second kappa shape index (κ2) is 9.23. The number of amides is 1. The van der Waals surface area contributed by atoms with Crippen LogP contribution < -0.4 is 4.74 Å². The van der Waals surface area contributed by atoms with Crippen LogP contribution >= 0.6 is 11.3 Å². The molecular formula is C24H26N2O2S. The van der Waals surface area contributed by atoms with Gasteiger partial charge in [0, 0.05) is 24.0 Å². The topological polar surface area (TPSA) is 42.4 Å². The van der Waals surface area contributed by atoms with Crippen molar-refractivity contribution in [2.24, 2.45) is 5.92 Å². The number of thiazole rings is 1. The van der Waals surface area contributed by atoms with E-state index in [0.717, 1.165) is 43.1 Å². The largest absolute Gasteiger partial charge is 0.487 e. The Morgan fingerprint density at radius 1 is 1.14 bits per heavy atom. The van der Waals surface area contributed by atoms with Gasteiger partial charge < -0.3 is 9.64 Å². The number of carbonyl (C=O) groups excluding carboxylic acids is 1. The molecule has 4 nitrogen and oxygen atoms in total. The van der Waals surface area contributed by atoms with Crippen LogP contribution in [0.25, 0.3) is 0 Å². The lowest BCUT2D eigenvalue weighted by atomic mass is 9.90. The maximum atomic E-state index is 13.0. The van der Waals surface area contributed by atoms with E-state index in [9.17, 15) is 4.79 Å². The van der Waals surface area contributed by atoms with Crippen LogP contribution in [0.1, 0.15) is 39.5 Å². The molecule has 3 aromatic rings. The van der Waals surface area contributed by atoms with Gasteiger partial charge in [0.25, 0.3) is 5.91 Å². The molecule has 1 aliphatic rings.